The van der Waals surface area contributed by atoms with Crippen LogP contribution in [0.3, 0.4) is 0 Å². The van der Waals surface area contributed by atoms with E-state index >= 15 is 0 Å². The van der Waals surface area contributed by atoms with Crippen LogP contribution >= 0.6 is 0 Å². The van der Waals surface area contributed by atoms with Crippen molar-refractivity contribution in [2.24, 2.45) is 0 Å². The van der Waals surface area contributed by atoms with Gasteiger partial charge in [0.15, 0.2) is 0 Å². The fraction of sp³-hybridized carbons (Fsp3) is 0.143. The largest absolute Gasteiger partial charge is 0.458 e. The molecule has 0 atom stereocenters. The molecule has 1 aliphatic heterocycles. The second-order valence-electron chi connectivity index (χ2n) is 1.82. The number of carbonyl (C=O) groups is 2. The van der Waals surface area contributed by atoms with Gasteiger partial charge < -0.3 is 4.74 Å². The van der Waals surface area contributed by atoms with Gasteiger partial charge in [0.1, 0.15) is 12.9 Å². The first-order valence-electron chi connectivity index (χ1n) is 2.82. The van der Waals surface area contributed by atoms with Crippen LogP contribution in [0, 0.1) is 0 Å². The van der Waals surface area contributed by atoms with Crippen molar-refractivity contribution in [1.82, 2.24) is 0 Å². The van der Waals surface area contributed by atoms with Crippen molar-refractivity contribution in [1.29, 1.82) is 0 Å². The van der Waals surface area contributed by atoms with E-state index in [0.717, 1.165) is 5.57 Å². The summed E-state index contributed by atoms with van der Waals surface area (Å²) in [5.74, 6) is -0.342. The van der Waals surface area contributed by atoms with Crippen molar-refractivity contribution >= 4 is 12.3 Å². The molecule has 0 aromatic carbocycles. The van der Waals surface area contributed by atoms with Gasteiger partial charge in [-0.3, -0.25) is 4.79 Å². The zero-order valence-corrected chi connectivity index (χ0v) is 5.24. The van der Waals surface area contributed by atoms with Gasteiger partial charge in [0.25, 0.3) is 0 Å². The molecule has 10 heavy (non-hydrogen) atoms. The number of hydrogen-bond acceptors (Lipinski definition) is 3. The quantitative estimate of drug-likeness (QED) is 0.311. The molecule has 0 saturated heterocycles. The van der Waals surface area contributed by atoms with Crippen LogP contribution in [0.25, 0.3) is 0 Å². The van der Waals surface area contributed by atoms with Crippen molar-refractivity contribution < 1.29 is 14.3 Å². The Kier molecular flexibility index (Phi) is 1.99. The molecular formula is C7H6O3. The molecule has 1 heterocycles. The zero-order valence-electron chi connectivity index (χ0n) is 5.24. The van der Waals surface area contributed by atoms with E-state index in [1.807, 2.05) is 0 Å². The summed E-state index contributed by atoms with van der Waals surface area (Å²) in [6, 6.07) is 0. The van der Waals surface area contributed by atoms with Gasteiger partial charge in [0.05, 0.1) is 0 Å². The van der Waals surface area contributed by atoms with E-state index in [2.05, 4.69) is 4.74 Å². The predicted octanol–water partition coefficient (Wildman–Crippen LogP) is 0.225. The molecule has 1 rings (SSSR count). The van der Waals surface area contributed by atoms with Crippen molar-refractivity contribution in [2.75, 3.05) is 6.61 Å². The molecule has 0 bridgehead atoms. The maximum absolute atomic E-state index is 10.4. The molecule has 52 valence electrons. The van der Waals surface area contributed by atoms with Gasteiger partial charge in [-0.05, 0) is 11.6 Å². The second-order valence-corrected chi connectivity index (χ2v) is 1.82. The van der Waals surface area contributed by atoms with Crippen LogP contribution in [0.2, 0.25) is 0 Å². The number of aldehydes is 1. The molecule has 0 N–H and O–H groups in total. The lowest BCUT2D eigenvalue weighted by molar-refractivity contribution is -0.134. The number of hydrogen-bond donors (Lipinski definition) is 0. The maximum Gasteiger partial charge on any atom is 0.331 e. The number of carbonyl (C=O) groups excluding carboxylic acids is 2. The first kappa shape index (κ1) is 6.74. The minimum absolute atomic E-state index is 0.281. The van der Waals surface area contributed by atoms with Crippen LogP contribution in [0.5, 0.6) is 0 Å². The summed E-state index contributed by atoms with van der Waals surface area (Å²) in [4.78, 5) is 20.2. The molecule has 0 fully saturated rings. The monoisotopic (exact) mass is 138 g/mol. The Morgan fingerprint density at radius 3 is 2.90 bits per heavy atom. The van der Waals surface area contributed by atoms with Gasteiger partial charge in [-0.2, -0.15) is 0 Å². The van der Waals surface area contributed by atoms with Crippen LogP contribution in [-0.4, -0.2) is 18.9 Å². The number of rotatable bonds is 2. The average Bonchev–Trinajstić information content (AvgIpc) is 2.31. The lowest BCUT2D eigenvalue weighted by Crippen LogP contribution is -1.90. The minimum Gasteiger partial charge on any atom is -0.458 e. The average molecular weight is 138 g/mol. The second kappa shape index (κ2) is 2.96. The normalized spacial score (nSPS) is 17.2. The molecule has 3 nitrogen and oxygen atoms in total. The highest BCUT2D eigenvalue weighted by Crippen LogP contribution is 2.05. The fourth-order valence-corrected chi connectivity index (χ4v) is 0.648. The van der Waals surface area contributed by atoms with Gasteiger partial charge in [0, 0.05) is 6.08 Å². The third kappa shape index (κ3) is 1.55. The molecule has 0 saturated carbocycles. The van der Waals surface area contributed by atoms with Gasteiger partial charge in [0.2, 0.25) is 0 Å². The number of cyclic esters (lactones) is 1. The van der Waals surface area contributed by atoms with Crippen LogP contribution in [0.1, 0.15) is 0 Å². The van der Waals surface area contributed by atoms with Crippen molar-refractivity contribution in [3.05, 3.63) is 23.8 Å². The lowest BCUT2D eigenvalue weighted by Gasteiger charge is -1.87. The summed E-state index contributed by atoms with van der Waals surface area (Å²) in [7, 11) is 0. The van der Waals surface area contributed by atoms with Crippen molar-refractivity contribution in [2.45, 2.75) is 0 Å². The van der Waals surface area contributed by atoms with Crippen LogP contribution < -0.4 is 0 Å². The molecule has 3 heteroatoms. The Hall–Kier alpha value is -1.38. The highest BCUT2D eigenvalue weighted by molar-refractivity contribution is 5.86. The molecular weight excluding hydrogens is 132 g/mol. The van der Waals surface area contributed by atoms with Crippen LogP contribution in [-0.2, 0) is 14.3 Å². The van der Waals surface area contributed by atoms with Gasteiger partial charge in [-0.15, -0.1) is 0 Å². The van der Waals surface area contributed by atoms with Crippen molar-refractivity contribution in [3.63, 3.8) is 0 Å². The molecule has 0 aliphatic carbocycles. The highest BCUT2D eigenvalue weighted by atomic mass is 16.5. The predicted molar refractivity (Wildman–Crippen MR) is 34.2 cm³/mol. The van der Waals surface area contributed by atoms with E-state index < -0.39 is 0 Å². The first-order chi connectivity index (χ1) is 4.83. The third-order valence-electron chi connectivity index (χ3n) is 1.07. The molecule has 0 radical (unpaired) electrons. The highest BCUT2D eigenvalue weighted by Gasteiger charge is 2.08. The minimum atomic E-state index is -0.342. The summed E-state index contributed by atoms with van der Waals surface area (Å²) in [6.07, 6.45) is 4.90. The van der Waals surface area contributed by atoms with Gasteiger partial charge in [-0.25, -0.2) is 4.79 Å². The Morgan fingerprint density at radius 2 is 2.40 bits per heavy atom. The Labute approximate surface area is 58.0 Å². The summed E-state index contributed by atoms with van der Waals surface area (Å²) in [5, 5.41) is 0. The first-order valence-corrected chi connectivity index (χ1v) is 2.82. The Balaban J connectivity index is 2.58. The molecule has 1 aliphatic rings. The topological polar surface area (TPSA) is 43.4 Å². The lowest BCUT2D eigenvalue weighted by atomic mass is 10.3. The van der Waals surface area contributed by atoms with E-state index in [1.54, 1.807) is 6.08 Å². The fourth-order valence-electron chi connectivity index (χ4n) is 0.648. The van der Waals surface area contributed by atoms with E-state index in [1.165, 1.54) is 12.2 Å². The molecule has 0 aromatic heterocycles. The summed E-state index contributed by atoms with van der Waals surface area (Å²) in [6.45, 7) is 0.281. The summed E-state index contributed by atoms with van der Waals surface area (Å²) >= 11 is 0. The smallest absolute Gasteiger partial charge is 0.331 e. The number of esters is 1. The van der Waals surface area contributed by atoms with Gasteiger partial charge >= 0.3 is 5.97 Å². The van der Waals surface area contributed by atoms with E-state index in [4.69, 9.17) is 0 Å². The standard InChI is InChI=1S/C7H6O3/c8-3-1-2-6-4-7(9)10-5-6/h1-4H,5H2/b2-1-. The number of ether oxygens (including phenoxy) is 1. The van der Waals surface area contributed by atoms with Crippen LogP contribution in [0.4, 0.5) is 0 Å². The number of allylic oxidation sites excluding steroid dienone is 1. The van der Waals surface area contributed by atoms with Crippen molar-refractivity contribution in [3.8, 4) is 0 Å². The van der Waals surface area contributed by atoms with Crippen LogP contribution in [0.15, 0.2) is 23.8 Å². The SMILES string of the molecule is O=C/C=C\C1=CC(=O)OC1. The maximum atomic E-state index is 10.4. The molecule has 0 unspecified atom stereocenters. The Bertz CT molecular complexity index is 213. The Morgan fingerprint density at radius 1 is 1.60 bits per heavy atom. The van der Waals surface area contributed by atoms with E-state index in [0.29, 0.717) is 6.29 Å². The molecule has 0 spiro atoms. The van der Waals surface area contributed by atoms with E-state index in [9.17, 15) is 9.59 Å². The molecule has 0 aromatic rings. The summed E-state index contributed by atoms with van der Waals surface area (Å²) in [5.41, 5.74) is 0.733. The zero-order chi connectivity index (χ0) is 7.40. The van der Waals surface area contributed by atoms with E-state index in [-0.39, 0.29) is 12.6 Å². The third-order valence-corrected chi connectivity index (χ3v) is 1.07. The molecule has 0 amide bonds. The summed E-state index contributed by atoms with van der Waals surface area (Å²) < 4.78 is 4.56. The van der Waals surface area contributed by atoms with Gasteiger partial charge in [-0.1, -0.05) is 6.08 Å².